The summed E-state index contributed by atoms with van der Waals surface area (Å²) in [7, 11) is 0. The third-order valence-corrected chi connectivity index (χ3v) is 4.09. The van der Waals surface area contributed by atoms with Gasteiger partial charge in [-0.15, -0.1) is 0 Å². The summed E-state index contributed by atoms with van der Waals surface area (Å²) in [6.45, 7) is 3.58. The molecule has 0 spiro atoms. The van der Waals surface area contributed by atoms with Crippen LogP contribution < -0.4 is 5.32 Å². The Kier molecular flexibility index (Phi) is 6.34. The molecule has 0 radical (unpaired) electrons. The maximum absolute atomic E-state index is 12.8. The van der Waals surface area contributed by atoms with Gasteiger partial charge in [-0.25, -0.2) is 4.79 Å². The number of nitrogens with one attached hydrogen (secondary N) is 1. The number of hydrogen-bond donors (Lipinski definition) is 1. The summed E-state index contributed by atoms with van der Waals surface area (Å²) in [5.41, 5.74) is -0.905. The first-order valence-electron chi connectivity index (χ1n) is 7.85. The summed E-state index contributed by atoms with van der Waals surface area (Å²) in [5, 5.41) is 2.53. The van der Waals surface area contributed by atoms with E-state index in [1.807, 2.05) is 6.92 Å². The van der Waals surface area contributed by atoms with E-state index in [0.29, 0.717) is 19.7 Å². The number of anilines is 1. The van der Waals surface area contributed by atoms with Gasteiger partial charge in [0.05, 0.1) is 22.4 Å². The number of ether oxygens (including phenoxy) is 1. The lowest BCUT2D eigenvalue weighted by atomic mass is 10.1. The predicted octanol–water partition coefficient (Wildman–Crippen LogP) is 4.78. The number of rotatable bonds is 4. The summed E-state index contributed by atoms with van der Waals surface area (Å²) in [6, 6.07) is 2.38. The van der Waals surface area contributed by atoms with Crippen LogP contribution in [0.2, 0.25) is 5.02 Å². The molecule has 134 valence electrons. The number of carbonyl (C=O) groups excluding carboxylic acids is 1. The monoisotopic (exact) mass is 364 g/mol. The third kappa shape index (κ3) is 5.01. The van der Waals surface area contributed by atoms with Gasteiger partial charge >= 0.3 is 12.2 Å². The zero-order chi connectivity index (χ0) is 17.7. The molecule has 24 heavy (non-hydrogen) atoms. The van der Waals surface area contributed by atoms with Crippen LogP contribution in [0.25, 0.3) is 0 Å². The van der Waals surface area contributed by atoms with Crippen molar-refractivity contribution in [1.29, 1.82) is 0 Å². The number of likely N-dealkylation sites (tertiary alicyclic amines) is 1. The Balaban J connectivity index is 2.03. The molecule has 1 N–H and O–H groups in total. The van der Waals surface area contributed by atoms with E-state index in [0.717, 1.165) is 37.5 Å². The minimum absolute atomic E-state index is 0.0403. The van der Waals surface area contributed by atoms with E-state index in [9.17, 15) is 18.0 Å². The zero-order valence-corrected chi connectivity index (χ0v) is 14.1. The Bertz CT molecular complexity index is 581. The number of piperidine rings is 1. The van der Waals surface area contributed by atoms with Crippen LogP contribution in [0.5, 0.6) is 0 Å². The fraction of sp³-hybridized carbons (Fsp3) is 0.562. The molecule has 8 heteroatoms. The topological polar surface area (TPSA) is 41.6 Å². The molecule has 4 nitrogen and oxygen atoms in total. The first kappa shape index (κ1) is 18.9. The van der Waals surface area contributed by atoms with Gasteiger partial charge in [0.1, 0.15) is 0 Å². The van der Waals surface area contributed by atoms with Gasteiger partial charge in [-0.2, -0.15) is 13.2 Å². The summed E-state index contributed by atoms with van der Waals surface area (Å²) in [4.78, 5) is 13.9. The zero-order valence-electron chi connectivity index (χ0n) is 13.3. The summed E-state index contributed by atoms with van der Waals surface area (Å²) < 4.78 is 44.0. The molecule has 1 unspecified atom stereocenters. The van der Waals surface area contributed by atoms with E-state index in [-0.39, 0.29) is 16.8 Å². The van der Waals surface area contributed by atoms with E-state index >= 15 is 0 Å². The van der Waals surface area contributed by atoms with Crippen LogP contribution in [0.3, 0.4) is 0 Å². The van der Waals surface area contributed by atoms with Crippen molar-refractivity contribution in [2.75, 3.05) is 25.0 Å². The fourth-order valence-corrected chi connectivity index (χ4v) is 2.70. The number of carbonyl (C=O) groups is 1. The summed E-state index contributed by atoms with van der Waals surface area (Å²) in [5.74, 6) is 0. The lowest BCUT2D eigenvalue weighted by Crippen LogP contribution is -2.45. The average molecular weight is 365 g/mol. The molecule has 1 saturated heterocycles. The molecular formula is C16H20ClF3N2O2. The maximum Gasteiger partial charge on any atom is 0.416 e. The smallest absolute Gasteiger partial charge is 0.376 e. The first-order chi connectivity index (χ1) is 11.3. The second-order valence-corrected chi connectivity index (χ2v) is 6.11. The molecule has 1 fully saturated rings. The SMILES string of the molecule is CCCOC1CCCN(C(=O)Nc2cc(C(F)(F)F)ccc2Cl)C1. The van der Waals surface area contributed by atoms with Crippen molar-refractivity contribution in [3.05, 3.63) is 28.8 Å². The molecule has 0 aliphatic carbocycles. The Hall–Kier alpha value is -1.47. The Morgan fingerprint density at radius 3 is 2.88 bits per heavy atom. The molecule has 2 amide bonds. The van der Waals surface area contributed by atoms with Crippen LogP contribution >= 0.6 is 11.6 Å². The van der Waals surface area contributed by atoms with Crippen LogP contribution in [0.4, 0.5) is 23.7 Å². The summed E-state index contributed by atoms with van der Waals surface area (Å²) >= 11 is 5.90. The van der Waals surface area contributed by atoms with Gasteiger partial charge in [0.2, 0.25) is 0 Å². The Morgan fingerprint density at radius 2 is 2.21 bits per heavy atom. The van der Waals surface area contributed by atoms with Gasteiger partial charge in [0, 0.05) is 19.7 Å². The van der Waals surface area contributed by atoms with Crippen molar-refractivity contribution < 1.29 is 22.7 Å². The second-order valence-electron chi connectivity index (χ2n) is 5.70. The molecule has 0 aromatic heterocycles. The van der Waals surface area contributed by atoms with Crippen molar-refractivity contribution in [3.8, 4) is 0 Å². The molecule has 1 aromatic rings. The van der Waals surface area contributed by atoms with Gasteiger partial charge in [0.25, 0.3) is 0 Å². The van der Waals surface area contributed by atoms with Gasteiger partial charge in [-0.3, -0.25) is 0 Å². The quantitative estimate of drug-likeness (QED) is 0.835. The third-order valence-electron chi connectivity index (χ3n) is 3.76. The Morgan fingerprint density at radius 1 is 1.46 bits per heavy atom. The largest absolute Gasteiger partial charge is 0.416 e. The molecule has 1 heterocycles. The molecule has 1 aliphatic rings. The molecule has 0 saturated carbocycles. The van der Waals surface area contributed by atoms with Crippen molar-refractivity contribution in [3.63, 3.8) is 0 Å². The highest BCUT2D eigenvalue weighted by Gasteiger charge is 2.31. The number of alkyl halides is 3. The van der Waals surface area contributed by atoms with Crippen LogP contribution in [0.1, 0.15) is 31.7 Å². The standard InChI is InChI=1S/C16H20ClF3N2O2/c1-2-8-24-12-4-3-7-22(10-12)15(23)21-14-9-11(16(18,19)20)5-6-13(14)17/h5-6,9,12H,2-4,7-8,10H2,1H3,(H,21,23). The number of halogens is 4. The van der Waals surface area contributed by atoms with Crippen molar-refractivity contribution in [1.82, 2.24) is 4.90 Å². The highest BCUT2D eigenvalue weighted by molar-refractivity contribution is 6.33. The minimum Gasteiger partial charge on any atom is -0.376 e. The van der Waals surface area contributed by atoms with Crippen molar-refractivity contribution >= 4 is 23.3 Å². The molecule has 2 rings (SSSR count). The van der Waals surface area contributed by atoms with Crippen LogP contribution in [0.15, 0.2) is 18.2 Å². The molecule has 1 aromatic carbocycles. The van der Waals surface area contributed by atoms with Crippen LogP contribution in [-0.4, -0.2) is 36.7 Å². The van der Waals surface area contributed by atoms with Gasteiger partial charge in [-0.05, 0) is 37.5 Å². The normalized spacial score (nSPS) is 18.5. The van der Waals surface area contributed by atoms with E-state index in [1.165, 1.54) is 0 Å². The minimum atomic E-state index is -4.49. The molecular weight excluding hydrogens is 345 g/mol. The number of nitrogens with zero attached hydrogens (tertiary/aromatic N) is 1. The van der Waals surface area contributed by atoms with Crippen LogP contribution in [0, 0.1) is 0 Å². The van der Waals surface area contributed by atoms with E-state index in [4.69, 9.17) is 16.3 Å². The number of urea groups is 1. The maximum atomic E-state index is 12.8. The van der Waals surface area contributed by atoms with Gasteiger partial charge < -0.3 is 15.0 Å². The van der Waals surface area contributed by atoms with E-state index in [1.54, 1.807) is 4.90 Å². The molecule has 1 atom stereocenters. The van der Waals surface area contributed by atoms with Gasteiger partial charge in [0.15, 0.2) is 0 Å². The van der Waals surface area contributed by atoms with Crippen LogP contribution in [-0.2, 0) is 10.9 Å². The first-order valence-corrected chi connectivity index (χ1v) is 8.23. The average Bonchev–Trinajstić information content (AvgIpc) is 2.54. The molecule has 1 aliphatic heterocycles. The predicted molar refractivity (Wildman–Crippen MR) is 86.3 cm³/mol. The van der Waals surface area contributed by atoms with Crippen molar-refractivity contribution in [2.24, 2.45) is 0 Å². The Labute approximate surface area is 143 Å². The highest BCUT2D eigenvalue weighted by atomic mass is 35.5. The second kappa shape index (κ2) is 8.07. The molecule has 0 bridgehead atoms. The summed E-state index contributed by atoms with van der Waals surface area (Å²) in [6.07, 6.45) is -1.98. The fourth-order valence-electron chi connectivity index (χ4n) is 2.53. The number of benzene rings is 1. The van der Waals surface area contributed by atoms with Crippen molar-refractivity contribution in [2.45, 2.75) is 38.5 Å². The van der Waals surface area contributed by atoms with Gasteiger partial charge in [-0.1, -0.05) is 18.5 Å². The number of amides is 2. The number of hydrogen-bond acceptors (Lipinski definition) is 2. The highest BCUT2D eigenvalue weighted by Crippen LogP contribution is 2.34. The lowest BCUT2D eigenvalue weighted by molar-refractivity contribution is -0.137. The lowest BCUT2D eigenvalue weighted by Gasteiger charge is -2.32. The van der Waals surface area contributed by atoms with E-state index in [2.05, 4.69) is 5.32 Å². The van der Waals surface area contributed by atoms with E-state index < -0.39 is 17.8 Å².